The van der Waals surface area contributed by atoms with Gasteiger partial charge in [-0.2, -0.15) is 11.8 Å². The minimum atomic E-state index is 0.232. The molecular weight excluding hydrogens is 262 g/mol. The van der Waals surface area contributed by atoms with Crippen LogP contribution in [0.5, 0.6) is 17.2 Å². The van der Waals surface area contributed by atoms with Gasteiger partial charge in [0.05, 0.1) is 0 Å². The summed E-state index contributed by atoms with van der Waals surface area (Å²) in [5.74, 6) is 3.91. The Labute approximate surface area is 118 Å². The van der Waals surface area contributed by atoms with Gasteiger partial charge in [0, 0.05) is 24.2 Å². The maximum absolute atomic E-state index is 9.92. The van der Waals surface area contributed by atoms with Crippen molar-refractivity contribution in [3.8, 4) is 17.2 Å². The van der Waals surface area contributed by atoms with Gasteiger partial charge >= 0.3 is 0 Å². The van der Waals surface area contributed by atoms with Gasteiger partial charge in [0.1, 0.15) is 5.75 Å². The molecule has 0 aromatic heterocycles. The summed E-state index contributed by atoms with van der Waals surface area (Å²) in [7, 11) is 0. The highest BCUT2D eigenvalue weighted by molar-refractivity contribution is 7.99. The number of benzene rings is 1. The number of phenolic OH excluding ortho intramolecular Hbond substituents is 1. The quantitative estimate of drug-likeness (QED) is 0.754. The Bertz CT molecular complexity index is 425. The number of rotatable bonds is 7. The molecular formula is C14H21NO3S. The first kappa shape index (κ1) is 14.3. The minimum Gasteiger partial charge on any atom is -0.507 e. The van der Waals surface area contributed by atoms with Crippen molar-refractivity contribution < 1.29 is 14.6 Å². The molecule has 19 heavy (non-hydrogen) atoms. The summed E-state index contributed by atoms with van der Waals surface area (Å²) >= 11 is 1.95. The van der Waals surface area contributed by atoms with Crippen LogP contribution in [0.15, 0.2) is 12.1 Å². The van der Waals surface area contributed by atoms with Gasteiger partial charge < -0.3 is 19.9 Å². The molecule has 0 radical (unpaired) electrons. The Balaban J connectivity index is 1.86. The predicted molar refractivity (Wildman–Crippen MR) is 78.1 cm³/mol. The van der Waals surface area contributed by atoms with Gasteiger partial charge in [-0.05, 0) is 30.9 Å². The Kier molecular flexibility index (Phi) is 5.22. The van der Waals surface area contributed by atoms with E-state index in [1.54, 1.807) is 6.07 Å². The van der Waals surface area contributed by atoms with Gasteiger partial charge in [0.15, 0.2) is 11.5 Å². The molecule has 1 unspecified atom stereocenters. The average molecular weight is 283 g/mol. The van der Waals surface area contributed by atoms with Crippen LogP contribution < -0.4 is 14.8 Å². The van der Waals surface area contributed by atoms with E-state index in [4.69, 9.17) is 9.47 Å². The number of fused-ring (bicyclic) bond motifs is 1. The third-order valence-electron chi connectivity index (χ3n) is 3.11. The summed E-state index contributed by atoms with van der Waals surface area (Å²) in [5, 5.41) is 13.3. The van der Waals surface area contributed by atoms with E-state index in [1.165, 1.54) is 0 Å². The molecule has 106 valence electrons. The van der Waals surface area contributed by atoms with Gasteiger partial charge in [-0.25, -0.2) is 0 Å². The lowest BCUT2D eigenvalue weighted by molar-refractivity contribution is 0.174. The van der Waals surface area contributed by atoms with Crippen LogP contribution in [-0.2, 0) is 6.54 Å². The van der Waals surface area contributed by atoms with Crippen LogP contribution in [0, 0.1) is 0 Å². The summed E-state index contributed by atoms with van der Waals surface area (Å²) in [5.41, 5.74) is 0.847. The first-order valence-corrected chi connectivity index (χ1v) is 7.78. The van der Waals surface area contributed by atoms with Crippen molar-refractivity contribution in [2.75, 3.05) is 18.3 Å². The van der Waals surface area contributed by atoms with Crippen molar-refractivity contribution >= 4 is 11.8 Å². The second kappa shape index (κ2) is 6.91. The molecule has 1 aliphatic rings. The first-order chi connectivity index (χ1) is 9.20. The van der Waals surface area contributed by atoms with Gasteiger partial charge in [-0.1, -0.05) is 6.92 Å². The Hall–Kier alpha value is -1.07. The van der Waals surface area contributed by atoms with E-state index in [0.717, 1.165) is 23.5 Å². The lowest BCUT2D eigenvalue weighted by Gasteiger charge is -2.14. The number of hydrogen-bond acceptors (Lipinski definition) is 5. The third kappa shape index (κ3) is 3.94. The van der Waals surface area contributed by atoms with Crippen molar-refractivity contribution in [2.24, 2.45) is 0 Å². The van der Waals surface area contributed by atoms with E-state index >= 15 is 0 Å². The summed E-state index contributed by atoms with van der Waals surface area (Å²) in [6.07, 6.45) is 1.13. The zero-order valence-electron chi connectivity index (χ0n) is 11.4. The molecule has 1 aromatic rings. The summed E-state index contributed by atoms with van der Waals surface area (Å²) in [4.78, 5) is 0. The molecule has 4 nitrogen and oxygen atoms in total. The number of nitrogens with one attached hydrogen (secondary N) is 1. The van der Waals surface area contributed by atoms with E-state index in [1.807, 2.05) is 17.8 Å². The number of ether oxygens (including phenoxy) is 2. The molecule has 0 amide bonds. The van der Waals surface area contributed by atoms with Crippen molar-refractivity contribution in [1.82, 2.24) is 5.32 Å². The van der Waals surface area contributed by atoms with Gasteiger partial charge in [-0.15, -0.1) is 0 Å². The fraction of sp³-hybridized carbons (Fsp3) is 0.571. The molecule has 0 bridgehead atoms. The van der Waals surface area contributed by atoms with E-state index in [2.05, 4.69) is 19.2 Å². The molecule has 2 rings (SSSR count). The Morgan fingerprint density at radius 2 is 2.11 bits per heavy atom. The van der Waals surface area contributed by atoms with Crippen LogP contribution in [0.3, 0.4) is 0 Å². The van der Waals surface area contributed by atoms with E-state index < -0.39 is 0 Å². The van der Waals surface area contributed by atoms with Gasteiger partial charge in [-0.3, -0.25) is 0 Å². The lowest BCUT2D eigenvalue weighted by atomic mass is 10.1. The van der Waals surface area contributed by atoms with Crippen molar-refractivity contribution in [1.29, 1.82) is 0 Å². The molecule has 1 atom stereocenters. The average Bonchev–Trinajstić information content (AvgIpc) is 2.83. The summed E-state index contributed by atoms with van der Waals surface area (Å²) < 4.78 is 10.5. The number of aromatic hydroxyl groups is 1. The number of hydrogen-bond donors (Lipinski definition) is 2. The first-order valence-electron chi connectivity index (χ1n) is 6.63. The molecule has 0 aliphatic carbocycles. The Morgan fingerprint density at radius 3 is 2.84 bits per heavy atom. The fourth-order valence-electron chi connectivity index (χ4n) is 1.91. The third-order valence-corrected chi connectivity index (χ3v) is 4.05. The largest absolute Gasteiger partial charge is 0.507 e. The Morgan fingerprint density at radius 1 is 1.37 bits per heavy atom. The number of phenols is 1. The molecule has 1 heterocycles. The summed E-state index contributed by atoms with van der Waals surface area (Å²) in [6.45, 7) is 5.21. The second-order valence-corrected chi connectivity index (χ2v) is 6.00. The molecule has 0 spiro atoms. The maximum atomic E-state index is 9.92. The molecule has 0 saturated heterocycles. The van der Waals surface area contributed by atoms with Crippen LogP contribution in [0.1, 0.15) is 25.8 Å². The van der Waals surface area contributed by atoms with Crippen molar-refractivity contribution in [2.45, 2.75) is 32.9 Å². The normalized spacial score (nSPS) is 14.6. The zero-order chi connectivity index (χ0) is 13.7. The van der Waals surface area contributed by atoms with E-state index in [-0.39, 0.29) is 12.5 Å². The zero-order valence-corrected chi connectivity index (χ0v) is 12.3. The van der Waals surface area contributed by atoms with E-state index in [9.17, 15) is 5.11 Å². The number of thioether (sulfide) groups is 1. The molecule has 0 saturated carbocycles. The highest BCUT2D eigenvalue weighted by atomic mass is 32.2. The van der Waals surface area contributed by atoms with Gasteiger partial charge in [0.25, 0.3) is 0 Å². The predicted octanol–water partition coefficient (Wildman–Crippen LogP) is 2.74. The molecule has 0 fully saturated rings. The van der Waals surface area contributed by atoms with Crippen LogP contribution >= 0.6 is 11.8 Å². The maximum Gasteiger partial charge on any atom is 0.231 e. The minimum absolute atomic E-state index is 0.232. The standard InChI is InChI=1S/C14H21NO3S/c1-3-19-5-4-10(2)15-8-11-6-13-14(7-12(11)16)18-9-17-13/h6-7,10,15-16H,3-5,8-9H2,1-2H3. The lowest BCUT2D eigenvalue weighted by Crippen LogP contribution is -2.26. The highest BCUT2D eigenvalue weighted by Crippen LogP contribution is 2.37. The van der Waals surface area contributed by atoms with Crippen molar-refractivity contribution in [3.63, 3.8) is 0 Å². The molecule has 5 heteroatoms. The topological polar surface area (TPSA) is 50.7 Å². The van der Waals surface area contributed by atoms with Crippen LogP contribution in [0.4, 0.5) is 0 Å². The summed E-state index contributed by atoms with van der Waals surface area (Å²) in [6, 6.07) is 3.90. The van der Waals surface area contributed by atoms with Crippen LogP contribution in [0.2, 0.25) is 0 Å². The highest BCUT2D eigenvalue weighted by Gasteiger charge is 2.17. The second-order valence-electron chi connectivity index (χ2n) is 4.60. The molecule has 1 aromatic carbocycles. The van der Waals surface area contributed by atoms with E-state index in [0.29, 0.717) is 24.1 Å². The smallest absolute Gasteiger partial charge is 0.231 e. The van der Waals surface area contributed by atoms with Gasteiger partial charge in [0.2, 0.25) is 6.79 Å². The van der Waals surface area contributed by atoms with Crippen LogP contribution in [-0.4, -0.2) is 29.4 Å². The SMILES string of the molecule is CCSCCC(C)NCc1cc2c(cc1O)OCO2. The molecule has 1 aliphatic heterocycles. The van der Waals surface area contributed by atoms with Crippen LogP contribution in [0.25, 0.3) is 0 Å². The monoisotopic (exact) mass is 283 g/mol. The molecule has 2 N–H and O–H groups in total. The van der Waals surface area contributed by atoms with Crippen molar-refractivity contribution in [3.05, 3.63) is 17.7 Å². The fourth-order valence-corrected chi connectivity index (χ4v) is 2.71.